The van der Waals surface area contributed by atoms with Crippen molar-refractivity contribution in [2.75, 3.05) is 26.3 Å². The highest BCUT2D eigenvalue weighted by molar-refractivity contribution is 7.09. The molecule has 0 saturated heterocycles. The van der Waals surface area contributed by atoms with Gasteiger partial charge in [-0.25, -0.2) is 4.98 Å². The van der Waals surface area contributed by atoms with Crippen LogP contribution in [-0.2, 0) is 16.0 Å². The molecule has 254 valence electrons. The van der Waals surface area contributed by atoms with Gasteiger partial charge in [0.2, 0.25) is 5.91 Å². The molecule has 0 aliphatic heterocycles. The fourth-order valence-corrected chi connectivity index (χ4v) is 6.34. The maximum Gasteiger partial charge on any atom is 0.270 e. The Labute approximate surface area is 276 Å². The van der Waals surface area contributed by atoms with Crippen LogP contribution in [0.15, 0.2) is 29.6 Å². The number of benzene rings is 1. The van der Waals surface area contributed by atoms with Gasteiger partial charge in [0.1, 0.15) is 22.6 Å². The minimum atomic E-state index is -0.273. The highest BCUT2D eigenvalue weighted by Gasteiger charge is 2.31. The number of nitrogens with two attached hydrogens (primary N) is 1. The standard InChI is InChI=1S/C36H60N4O4S/c1-7-11-15-34(41)40(21-9-3)32(27(5)6)25-33(44-22-10-4)36-39-31(26-45-36)35(42)38-29(14-8-2)24-28-16-18-30(19-17-28)43-23-13-12-20-37/h16-19,26-27,29,32-33H,7-15,20-25,37H2,1-6H3,(H,38,42). The second kappa shape index (κ2) is 22.1. The van der Waals surface area contributed by atoms with Crippen LogP contribution >= 0.6 is 11.3 Å². The molecule has 2 amide bonds. The van der Waals surface area contributed by atoms with Crippen LogP contribution in [-0.4, -0.2) is 60.1 Å². The van der Waals surface area contributed by atoms with Gasteiger partial charge < -0.3 is 25.4 Å². The summed E-state index contributed by atoms with van der Waals surface area (Å²) in [5.41, 5.74) is 7.14. The van der Waals surface area contributed by atoms with Crippen LogP contribution in [0.4, 0.5) is 0 Å². The van der Waals surface area contributed by atoms with Crippen molar-refractivity contribution < 1.29 is 19.1 Å². The van der Waals surface area contributed by atoms with E-state index in [1.807, 2.05) is 17.5 Å². The molecule has 3 N–H and O–H groups in total. The molecular weight excluding hydrogens is 584 g/mol. The summed E-state index contributed by atoms with van der Waals surface area (Å²) >= 11 is 1.47. The van der Waals surface area contributed by atoms with E-state index in [4.69, 9.17) is 20.2 Å². The molecule has 1 aromatic heterocycles. The minimum Gasteiger partial charge on any atom is -0.494 e. The Kier molecular flexibility index (Phi) is 19.0. The lowest BCUT2D eigenvalue weighted by molar-refractivity contribution is -0.135. The zero-order valence-corrected chi connectivity index (χ0v) is 29.6. The molecule has 0 radical (unpaired) electrons. The molecule has 8 nitrogen and oxygen atoms in total. The maximum atomic E-state index is 13.4. The molecule has 9 heteroatoms. The van der Waals surface area contributed by atoms with Crippen molar-refractivity contribution in [3.8, 4) is 5.75 Å². The molecule has 0 fully saturated rings. The van der Waals surface area contributed by atoms with Crippen molar-refractivity contribution in [1.82, 2.24) is 15.2 Å². The molecule has 0 bridgehead atoms. The van der Waals surface area contributed by atoms with Gasteiger partial charge in [0.15, 0.2) is 0 Å². The third kappa shape index (κ3) is 13.8. The molecule has 45 heavy (non-hydrogen) atoms. The quantitative estimate of drug-likeness (QED) is 0.113. The van der Waals surface area contributed by atoms with E-state index < -0.39 is 0 Å². The molecule has 0 spiro atoms. The number of nitrogens with one attached hydrogen (secondary N) is 1. The van der Waals surface area contributed by atoms with E-state index in [0.717, 1.165) is 80.7 Å². The summed E-state index contributed by atoms with van der Waals surface area (Å²) in [5.74, 6) is 1.18. The molecule has 0 saturated carbocycles. The fraction of sp³-hybridized carbons (Fsp3) is 0.694. The van der Waals surface area contributed by atoms with Crippen LogP contribution in [0.5, 0.6) is 5.75 Å². The number of amides is 2. The van der Waals surface area contributed by atoms with Gasteiger partial charge >= 0.3 is 0 Å². The Hall–Kier alpha value is -2.49. The van der Waals surface area contributed by atoms with Crippen LogP contribution in [0.1, 0.15) is 133 Å². The third-order valence-corrected chi connectivity index (χ3v) is 8.89. The Bertz CT molecular complexity index is 1090. The van der Waals surface area contributed by atoms with Gasteiger partial charge in [0.25, 0.3) is 5.91 Å². The first kappa shape index (κ1) is 38.7. The number of aromatic nitrogens is 1. The molecule has 0 aliphatic rings. The van der Waals surface area contributed by atoms with E-state index >= 15 is 0 Å². The minimum absolute atomic E-state index is 0.00170. The second-order valence-electron chi connectivity index (χ2n) is 12.3. The fourth-order valence-electron chi connectivity index (χ4n) is 5.48. The SMILES string of the molecule is CCCCC(=O)N(CCC)C(CC(OCCC)c1nc(C(=O)NC(CCC)Cc2ccc(OCCCCN)cc2)cs1)C(C)C. The summed E-state index contributed by atoms with van der Waals surface area (Å²) in [7, 11) is 0. The Morgan fingerprint density at radius 3 is 2.36 bits per heavy atom. The number of hydrogen-bond donors (Lipinski definition) is 2. The zero-order chi connectivity index (χ0) is 33.0. The van der Waals surface area contributed by atoms with Gasteiger partial charge in [-0.3, -0.25) is 9.59 Å². The van der Waals surface area contributed by atoms with Crippen LogP contribution < -0.4 is 15.8 Å². The molecule has 3 unspecified atom stereocenters. The van der Waals surface area contributed by atoms with Gasteiger partial charge in [0, 0.05) is 43.5 Å². The van der Waals surface area contributed by atoms with Crippen molar-refractivity contribution >= 4 is 23.2 Å². The normalized spacial score (nSPS) is 13.4. The predicted octanol–water partition coefficient (Wildman–Crippen LogP) is 7.71. The van der Waals surface area contributed by atoms with Gasteiger partial charge in [-0.2, -0.15) is 0 Å². The van der Waals surface area contributed by atoms with Gasteiger partial charge in [0.05, 0.1) is 6.61 Å². The summed E-state index contributed by atoms with van der Waals surface area (Å²) < 4.78 is 12.2. The summed E-state index contributed by atoms with van der Waals surface area (Å²) in [6.07, 6.45) is 9.14. The second-order valence-corrected chi connectivity index (χ2v) is 13.2. The monoisotopic (exact) mass is 644 g/mol. The Balaban J connectivity index is 2.14. The van der Waals surface area contributed by atoms with E-state index in [-0.39, 0.29) is 35.9 Å². The highest BCUT2D eigenvalue weighted by atomic mass is 32.1. The summed E-state index contributed by atoms with van der Waals surface area (Å²) in [5, 5.41) is 5.88. The number of nitrogens with zero attached hydrogens (tertiary/aromatic N) is 2. The molecular formula is C36H60N4O4S. The van der Waals surface area contributed by atoms with Crippen molar-refractivity contribution in [3.05, 3.63) is 45.9 Å². The van der Waals surface area contributed by atoms with Crippen molar-refractivity contribution in [2.24, 2.45) is 11.7 Å². The number of carbonyl (C=O) groups excluding carboxylic acids is 2. The average Bonchev–Trinajstić information content (AvgIpc) is 3.52. The smallest absolute Gasteiger partial charge is 0.270 e. The Morgan fingerprint density at radius 1 is 0.978 bits per heavy atom. The number of thiazole rings is 1. The topological polar surface area (TPSA) is 107 Å². The third-order valence-electron chi connectivity index (χ3n) is 7.95. The van der Waals surface area contributed by atoms with Crippen LogP contribution in [0, 0.1) is 5.92 Å². The van der Waals surface area contributed by atoms with E-state index in [9.17, 15) is 9.59 Å². The summed E-state index contributed by atoms with van der Waals surface area (Å²) in [4.78, 5) is 33.5. The highest BCUT2D eigenvalue weighted by Crippen LogP contribution is 2.31. The van der Waals surface area contributed by atoms with Crippen LogP contribution in [0.3, 0.4) is 0 Å². The first-order valence-electron chi connectivity index (χ1n) is 17.4. The molecule has 1 heterocycles. The number of carbonyl (C=O) groups is 2. The lowest BCUT2D eigenvalue weighted by Crippen LogP contribution is -2.44. The van der Waals surface area contributed by atoms with Crippen molar-refractivity contribution in [2.45, 2.75) is 130 Å². The van der Waals surface area contributed by atoms with E-state index in [1.54, 1.807) is 0 Å². The molecule has 0 aliphatic carbocycles. The average molecular weight is 645 g/mol. The van der Waals surface area contributed by atoms with Crippen molar-refractivity contribution in [3.63, 3.8) is 0 Å². The van der Waals surface area contributed by atoms with Gasteiger partial charge in [-0.05, 0) is 75.1 Å². The summed E-state index contributed by atoms with van der Waals surface area (Å²) in [6, 6.07) is 8.17. The number of unbranched alkanes of at least 4 members (excludes halogenated alkanes) is 2. The maximum absolute atomic E-state index is 13.4. The van der Waals surface area contributed by atoms with Gasteiger partial charge in [-0.15, -0.1) is 11.3 Å². The van der Waals surface area contributed by atoms with E-state index in [2.05, 4.69) is 63.9 Å². The largest absolute Gasteiger partial charge is 0.494 e. The number of ether oxygens (including phenoxy) is 2. The molecule has 1 aromatic carbocycles. The van der Waals surface area contributed by atoms with Crippen molar-refractivity contribution in [1.29, 1.82) is 0 Å². The number of hydrogen-bond acceptors (Lipinski definition) is 7. The predicted molar refractivity (Wildman–Crippen MR) is 186 cm³/mol. The lowest BCUT2D eigenvalue weighted by Gasteiger charge is -2.36. The van der Waals surface area contributed by atoms with Crippen LogP contribution in [0.25, 0.3) is 0 Å². The zero-order valence-electron chi connectivity index (χ0n) is 28.8. The number of rotatable bonds is 24. The molecule has 2 aromatic rings. The van der Waals surface area contributed by atoms with E-state index in [1.165, 1.54) is 11.3 Å². The first-order valence-corrected chi connectivity index (χ1v) is 18.2. The molecule has 2 rings (SSSR count). The van der Waals surface area contributed by atoms with Crippen LogP contribution in [0.2, 0.25) is 0 Å². The summed E-state index contributed by atoms with van der Waals surface area (Å²) in [6.45, 7) is 15.5. The lowest BCUT2D eigenvalue weighted by atomic mass is 9.95. The first-order chi connectivity index (χ1) is 21.8. The molecule has 3 atom stereocenters. The van der Waals surface area contributed by atoms with Gasteiger partial charge in [-0.1, -0.05) is 66.5 Å². The van der Waals surface area contributed by atoms with E-state index in [0.29, 0.717) is 38.3 Å². The Morgan fingerprint density at radius 2 is 1.73 bits per heavy atom.